The number of rotatable bonds is 9. The zero-order chi connectivity index (χ0) is 22.9. The SMILES string of the molecule is CNC(=O)[C@H](Cc1ccccc1)N(Cc1ccc(Cl)cc1)C(=O)COc1ccc(I)cc1. The van der Waals surface area contributed by atoms with Crippen LogP contribution < -0.4 is 10.1 Å². The zero-order valence-corrected chi connectivity index (χ0v) is 20.5. The second kappa shape index (κ2) is 11.9. The summed E-state index contributed by atoms with van der Waals surface area (Å²) in [6.07, 6.45) is 0.392. The van der Waals surface area contributed by atoms with Crippen LogP contribution in [0.25, 0.3) is 0 Å². The van der Waals surface area contributed by atoms with Gasteiger partial charge in [-0.05, 0) is 70.1 Å². The summed E-state index contributed by atoms with van der Waals surface area (Å²) in [6.45, 7) is 0.0907. The minimum absolute atomic E-state index is 0.170. The largest absolute Gasteiger partial charge is 0.484 e. The Morgan fingerprint density at radius 2 is 1.62 bits per heavy atom. The molecule has 2 amide bonds. The Kier molecular flexibility index (Phi) is 8.93. The average molecular weight is 563 g/mol. The van der Waals surface area contributed by atoms with Gasteiger partial charge in [0.1, 0.15) is 11.8 Å². The Balaban J connectivity index is 1.85. The lowest BCUT2D eigenvalue weighted by atomic mass is 10.0. The summed E-state index contributed by atoms with van der Waals surface area (Å²) in [5.41, 5.74) is 1.84. The van der Waals surface area contributed by atoms with E-state index in [1.165, 1.54) is 0 Å². The van der Waals surface area contributed by atoms with Crippen LogP contribution in [0.15, 0.2) is 78.9 Å². The third-order valence-corrected chi connectivity index (χ3v) is 5.93. The summed E-state index contributed by atoms with van der Waals surface area (Å²) >= 11 is 8.23. The van der Waals surface area contributed by atoms with Gasteiger partial charge in [-0.15, -0.1) is 0 Å². The number of carbonyl (C=O) groups is 2. The summed E-state index contributed by atoms with van der Waals surface area (Å²) in [4.78, 5) is 27.7. The van der Waals surface area contributed by atoms with Gasteiger partial charge >= 0.3 is 0 Å². The molecule has 1 atom stereocenters. The Labute approximate surface area is 206 Å². The number of ether oxygens (including phenoxy) is 1. The van der Waals surface area contributed by atoms with Crippen LogP contribution in [0.5, 0.6) is 5.75 Å². The van der Waals surface area contributed by atoms with Gasteiger partial charge in [-0.25, -0.2) is 0 Å². The standard InChI is InChI=1S/C25H24ClIN2O3/c1-28-25(31)23(15-18-5-3-2-4-6-18)29(16-19-7-9-20(26)10-8-19)24(30)17-32-22-13-11-21(27)12-14-22/h2-14,23H,15-17H2,1H3,(H,28,31)/t23-/m0/s1. The summed E-state index contributed by atoms with van der Waals surface area (Å²) in [5.74, 6) is 0.0956. The summed E-state index contributed by atoms with van der Waals surface area (Å²) in [5, 5.41) is 3.31. The lowest BCUT2D eigenvalue weighted by Gasteiger charge is -2.31. The summed E-state index contributed by atoms with van der Waals surface area (Å²) in [7, 11) is 1.58. The van der Waals surface area contributed by atoms with Gasteiger partial charge in [0, 0.05) is 28.6 Å². The molecule has 0 aromatic heterocycles. The predicted octanol–water partition coefficient (Wildman–Crippen LogP) is 4.71. The van der Waals surface area contributed by atoms with Crippen LogP contribution in [0, 0.1) is 3.57 Å². The number of nitrogens with one attached hydrogen (secondary N) is 1. The van der Waals surface area contributed by atoms with E-state index in [0.29, 0.717) is 17.2 Å². The van der Waals surface area contributed by atoms with E-state index in [1.807, 2.05) is 66.7 Å². The number of likely N-dealkylation sites (N-methyl/N-ethyl adjacent to an activating group) is 1. The lowest BCUT2D eigenvalue weighted by Crippen LogP contribution is -2.51. The fraction of sp³-hybridized carbons (Fsp3) is 0.200. The number of benzene rings is 3. The van der Waals surface area contributed by atoms with Crippen molar-refractivity contribution >= 4 is 46.0 Å². The van der Waals surface area contributed by atoms with Gasteiger partial charge in [0.2, 0.25) is 5.91 Å². The first kappa shape index (κ1) is 24.1. The molecule has 0 heterocycles. The van der Waals surface area contributed by atoms with Gasteiger partial charge in [0.05, 0.1) is 0 Å². The van der Waals surface area contributed by atoms with Gasteiger partial charge in [0.15, 0.2) is 6.61 Å². The van der Waals surface area contributed by atoms with Crippen molar-refractivity contribution in [1.29, 1.82) is 0 Å². The van der Waals surface area contributed by atoms with Crippen molar-refractivity contribution in [2.45, 2.75) is 19.0 Å². The van der Waals surface area contributed by atoms with Crippen molar-refractivity contribution in [2.75, 3.05) is 13.7 Å². The van der Waals surface area contributed by atoms with E-state index in [-0.39, 0.29) is 25.0 Å². The molecule has 0 aliphatic rings. The molecule has 0 radical (unpaired) electrons. The molecule has 0 fully saturated rings. The second-order valence-corrected chi connectivity index (χ2v) is 8.89. The van der Waals surface area contributed by atoms with Crippen molar-refractivity contribution in [3.8, 4) is 5.75 Å². The first-order valence-electron chi connectivity index (χ1n) is 10.1. The summed E-state index contributed by atoms with van der Waals surface area (Å²) in [6, 6.07) is 23.7. The highest BCUT2D eigenvalue weighted by Gasteiger charge is 2.30. The molecular formula is C25H24ClIN2O3. The molecule has 3 rings (SSSR count). The minimum Gasteiger partial charge on any atom is -0.484 e. The van der Waals surface area contributed by atoms with E-state index in [1.54, 1.807) is 24.1 Å². The molecule has 0 aliphatic heterocycles. The molecule has 5 nitrogen and oxygen atoms in total. The van der Waals surface area contributed by atoms with Crippen LogP contribution in [-0.4, -0.2) is 36.4 Å². The van der Waals surface area contributed by atoms with Gasteiger partial charge in [-0.2, -0.15) is 0 Å². The van der Waals surface area contributed by atoms with Crippen molar-refractivity contribution in [1.82, 2.24) is 10.2 Å². The molecule has 0 saturated heterocycles. The van der Waals surface area contributed by atoms with Gasteiger partial charge in [-0.3, -0.25) is 9.59 Å². The molecule has 0 unspecified atom stereocenters. The third kappa shape index (κ3) is 6.97. The van der Waals surface area contributed by atoms with E-state index in [2.05, 4.69) is 27.9 Å². The number of carbonyl (C=O) groups excluding carboxylic acids is 2. The van der Waals surface area contributed by atoms with E-state index in [4.69, 9.17) is 16.3 Å². The number of halogens is 2. The molecule has 0 bridgehead atoms. The average Bonchev–Trinajstić information content (AvgIpc) is 2.82. The van der Waals surface area contributed by atoms with Crippen LogP contribution in [0.3, 0.4) is 0 Å². The predicted molar refractivity (Wildman–Crippen MR) is 135 cm³/mol. The smallest absolute Gasteiger partial charge is 0.261 e. The fourth-order valence-electron chi connectivity index (χ4n) is 3.27. The first-order chi connectivity index (χ1) is 15.5. The fourth-order valence-corrected chi connectivity index (χ4v) is 3.75. The molecular weight excluding hydrogens is 539 g/mol. The quantitative estimate of drug-likeness (QED) is 0.385. The van der Waals surface area contributed by atoms with E-state index in [9.17, 15) is 9.59 Å². The number of hydrogen-bond acceptors (Lipinski definition) is 3. The van der Waals surface area contributed by atoms with Crippen molar-refractivity contribution in [3.05, 3.63) is 98.6 Å². The minimum atomic E-state index is -0.689. The Hall–Kier alpha value is -2.58. The molecule has 7 heteroatoms. The number of amides is 2. The van der Waals surface area contributed by atoms with Crippen LogP contribution in [0.2, 0.25) is 5.02 Å². The molecule has 0 aliphatic carbocycles. The summed E-state index contributed by atoms with van der Waals surface area (Å²) < 4.78 is 6.80. The zero-order valence-electron chi connectivity index (χ0n) is 17.6. The van der Waals surface area contributed by atoms with Crippen molar-refractivity contribution in [3.63, 3.8) is 0 Å². The number of nitrogens with zero attached hydrogens (tertiary/aromatic N) is 1. The molecule has 166 valence electrons. The van der Waals surface area contributed by atoms with Crippen LogP contribution in [0.4, 0.5) is 0 Å². The molecule has 32 heavy (non-hydrogen) atoms. The molecule has 3 aromatic carbocycles. The van der Waals surface area contributed by atoms with E-state index >= 15 is 0 Å². The highest BCUT2D eigenvalue weighted by Crippen LogP contribution is 2.18. The highest BCUT2D eigenvalue weighted by atomic mass is 127. The molecule has 0 spiro atoms. The second-order valence-electron chi connectivity index (χ2n) is 7.21. The van der Waals surface area contributed by atoms with Gasteiger partial charge < -0.3 is 15.0 Å². The van der Waals surface area contributed by atoms with E-state index < -0.39 is 6.04 Å². The van der Waals surface area contributed by atoms with Crippen molar-refractivity contribution in [2.24, 2.45) is 0 Å². The maximum absolute atomic E-state index is 13.3. The monoisotopic (exact) mass is 562 g/mol. The molecule has 0 saturated carbocycles. The number of hydrogen-bond donors (Lipinski definition) is 1. The molecule has 1 N–H and O–H groups in total. The highest BCUT2D eigenvalue weighted by molar-refractivity contribution is 14.1. The lowest BCUT2D eigenvalue weighted by molar-refractivity contribution is -0.142. The van der Waals surface area contributed by atoms with Gasteiger partial charge in [0.25, 0.3) is 5.91 Å². The third-order valence-electron chi connectivity index (χ3n) is 4.96. The topological polar surface area (TPSA) is 58.6 Å². The maximum atomic E-state index is 13.3. The molecule has 3 aromatic rings. The Bertz CT molecular complexity index is 1030. The normalized spacial score (nSPS) is 11.5. The first-order valence-corrected chi connectivity index (χ1v) is 11.6. The van der Waals surface area contributed by atoms with Crippen LogP contribution in [0.1, 0.15) is 11.1 Å². The maximum Gasteiger partial charge on any atom is 0.261 e. The Morgan fingerprint density at radius 3 is 2.25 bits per heavy atom. The van der Waals surface area contributed by atoms with Crippen molar-refractivity contribution < 1.29 is 14.3 Å². The van der Waals surface area contributed by atoms with Gasteiger partial charge in [-0.1, -0.05) is 54.1 Å². The van der Waals surface area contributed by atoms with E-state index in [0.717, 1.165) is 14.7 Å². The van der Waals surface area contributed by atoms with Crippen LogP contribution >= 0.6 is 34.2 Å². The van der Waals surface area contributed by atoms with Crippen LogP contribution in [-0.2, 0) is 22.6 Å². The Morgan fingerprint density at radius 1 is 0.969 bits per heavy atom.